The van der Waals surface area contributed by atoms with Gasteiger partial charge in [0.05, 0.1) is 0 Å². The van der Waals surface area contributed by atoms with E-state index in [2.05, 4.69) is 10.6 Å². The molecule has 4 nitrogen and oxygen atoms in total. The number of amides is 2. The molecule has 0 aliphatic carbocycles. The largest absolute Gasteiger partial charge is 0.367 e. The van der Waals surface area contributed by atoms with Gasteiger partial charge < -0.3 is 15.7 Å². The lowest BCUT2D eigenvalue weighted by atomic mass is 10.1. The van der Waals surface area contributed by atoms with Crippen LogP contribution < -0.4 is 10.6 Å². The van der Waals surface area contributed by atoms with E-state index in [-0.39, 0.29) is 6.03 Å². The second-order valence-electron chi connectivity index (χ2n) is 2.50. The van der Waals surface area contributed by atoms with Crippen LogP contribution in [0.25, 0.3) is 0 Å². The van der Waals surface area contributed by atoms with Crippen LogP contribution in [-0.2, 0) is 0 Å². The quantitative estimate of drug-likeness (QED) is 0.442. The van der Waals surface area contributed by atoms with E-state index in [1.54, 1.807) is 6.92 Å². The number of hydrogen-bond donors (Lipinski definition) is 3. The van der Waals surface area contributed by atoms with Gasteiger partial charge in [0.25, 0.3) is 0 Å². The molecule has 0 fully saturated rings. The molecule has 0 aromatic heterocycles. The lowest BCUT2D eigenvalue weighted by Gasteiger charge is -2.29. The molecule has 10 heavy (non-hydrogen) atoms. The predicted molar refractivity (Wildman–Crippen MR) is 36.0 cm³/mol. The molecule has 0 saturated carbocycles. The highest BCUT2D eigenvalue weighted by Crippen LogP contribution is 2.13. The zero-order chi connectivity index (χ0) is 7.78. The molecular weight excluding hydrogens is 132 g/mol. The molecule has 1 atom stereocenters. The Morgan fingerprint density at radius 3 is 2.70 bits per heavy atom. The van der Waals surface area contributed by atoms with Gasteiger partial charge in [-0.25, -0.2) is 4.79 Å². The van der Waals surface area contributed by atoms with Crippen molar-refractivity contribution in [3.63, 3.8) is 0 Å². The minimum atomic E-state index is -1.19. The standard InChI is InChI=1S/C6H10N2O2/c1-4-3-7-5(9)8-6(4,2)10/h3,10H,1-2H3,(H2,7,8,9). The average Bonchev–Trinajstić information content (AvgIpc) is 1.78. The number of urea groups is 1. The van der Waals surface area contributed by atoms with Crippen molar-refractivity contribution in [2.45, 2.75) is 19.6 Å². The van der Waals surface area contributed by atoms with Gasteiger partial charge in [0.15, 0.2) is 5.72 Å². The zero-order valence-corrected chi connectivity index (χ0v) is 5.93. The molecule has 1 unspecified atom stereocenters. The maximum Gasteiger partial charge on any atom is 0.321 e. The van der Waals surface area contributed by atoms with Crippen LogP contribution >= 0.6 is 0 Å². The number of rotatable bonds is 0. The first-order valence-corrected chi connectivity index (χ1v) is 3.01. The zero-order valence-electron chi connectivity index (χ0n) is 5.93. The summed E-state index contributed by atoms with van der Waals surface area (Å²) in [4.78, 5) is 10.6. The third-order valence-corrected chi connectivity index (χ3v) is 1.54. The van der Waals surface area contributed by atoms with E-state index in [1.807, 2.05) is 0 Å². The number of aliphatic hydroxyl groups is 1. The van der Waals surface area contributed by atoms with E-state index in [1.165, 1.54) is 13.1 Å². The average molecular weight is 142 g/mol. The normalized spacial score (nSPS) is 32.3. The third kappa shape index (κ3) is 1.11. The van der Waals surface area contributed by atoms with Crippen LogP contribution in [0.15, 0.2) is 11.8 Å². The van der Waals surface area contributed by atoms with Crippen LogP contribution in [0.1, 0.15) is 13.8 Å². The molecule has 0 saturated heterocycles. The molecule has 1 aliphatic rings. The fraction of sp³-hybridized carbons (Fsp3) is 0.500. The van der Waals surface area contributed by atoms with E-state index < -0.39 is 5.72 Å². The van der Waals surface area contributed by atoms with Crippen molar-refractivity contribution in [2.24, 2.45) is 0 Å². The Hall–Kier alpha value is -1.03. The Balaban J connectivity index is 2.86. The van der Waals surface area contributed by atoms with Crippen LogP contribution in [0, 0.1) is 0 Å². The van der Waals surface area contributed by atoms with Gasteiger partial charge in [-0.05, 0) is 19.4 Å². The Kier molecular flexibility index (Phi) is 1.40. The molecule has 0 spiro atoms. The maximum absolute atomic E-state index is 10.6. The Morgan fingerprint density at radius 2 is 2.30 bits per heavy atom. The SMILES string of the molecule is CC1=CNC(=O)NC1(C)O. The van der Waals surface area contributed by atoms with Crippen LogP contribution in [0.3, 0.4) is 0 Å². The predicted octanol–water partition coefficient (Wildman–Crippen LogP) is -0.0885. The Bertz CT molecular complexity index is 196. The van der Waals surface area contributed by atoms with Crippen molar-refractivity contribution in [3.8, 4) is 0 Å². The van der Waals surface area contributed by atoms with Gasteiger partial charge in [-0.1, -0.05) is 0 Å². The Morgan fingerprint density at radius 1 is 1.70 bits per heavy atom. The summed E-state index contributed by atoms with van der Waals surface area (Å²) in [5.41, 5.74) is -0.505. The summed E-state index contributed by atoms with van der Waals surface area (Å²) in [5.74, 6) is 0. The van der Waals surface area contributed by atoms with E-state index in [4.69, 9.17) is 0 Å². The van der Waals surface area contributed by atoms with Gasteiger partial charge in [-0.15, -0.1) is 0 Å². The van der Waals surface area contributed by atoms with Gasteiger partial charge in [-0.2, -0.15) is 0 Å². The lowest BCUT2D eigenvalue weighted by Crippen LogP contribution is -2.53. The molecule has 0 aromatic carbocycles. The third-order valence-electron chi connectivity index (χ3n) is 1.54. The van der Waals surface area contributed by atoms with E-state index >= 15 is 0 Å². The summed E-state index contributed by atoms with van der Waals surface area (Å²) >= 11 is 0. The van der Waals surface area contributed by atoms with Gasteiger partial charge in [-0.3, -0.25) is 0 Å². The first-order chi connectivity index (χ1) is 4.52. The summed E-state index contributed by atoms with van der Waals surface area (Å²) in [6.07, 6.45) is 1.48. The summed E-state index contributed by atoms with van der Waals surface area (Å²) < 4.78 is 0. The lowest BCUT2D eigenvalue weighted by molar-refractivity contribution is 0.0675. The minimum absolute atomic E-state index is 0.379. The van der Waals surface area contributed by atoms with Crippen LogP contribution in [0.5, 0.6) is 0 Å². The molecule has 1 rings (SSSR count). The molecule has 56 valence electrons. The fourth-order valence-electron chi connectivity index (χ4n) is 0.670. The Labute approximate surface area is 58.9 Å². The van der Waals surface area contributed by atoms with E-state index in [9.17, 15) is 9.90 Å². The summed E-state index contributed by atoms with van der Waals surface area (Å²) in [5, 5.41) is 14.1. The number of carbonyl (C=O) groups excluding carboxylic acids is 1. The molecule has 0 bridgehead atoms. The number of nitrogens with one attached hydrogen (secondary N) is 2. The van der Waals surface area contributed by atoms with Crippen molar-refractivity contribution in [2.75, 3.05) is 0 Å². The van der Waals surface area contributed by atoms with Crippen LogP contribution in [-0.4, -0.2) is 16.9 Å². The van der Waals surface area contributed by atoms with Gasteiger partial charge in [0.1, 0.15) is 0 Å². The van der Waals surface area contributed by atoms with Crippen molar-refractivity contribution >= 4 is 6.03 Å². The highest BCUT2D eigenvalue weighted by molar-refractivity contribution is 5.77. The van der Waals surface area contributed by atoms with Crippen molar-refractivity contribution < 1.29 is 9.90 Å². The highest BCUT2D eigenvalue weighted by atomic mass is 16.3. The molecule has 1 aliphatic heterocycles. The number of hydrogen-bond acceptors (Lipinski definition) is 2. The smallest absolute Gasteiger partial charge is 0.321 e. The minimum Gasteiger partial charge on any atom is -0.367 e. The number of carbonyl (C=O) groups is 1. The summed E-state index contributed by atoms with van der Waals surface area (Å²) in [6, 6.07) is -0.379. The fourth-order valence-corrected chi connectivity index (χ4v) is 0.670. The second kappa shape index (κ2) is 1.98. The maximum atomic E-state index is 10.6. The van der Waals surface area contributed by atoms with E-state index in [0.717, 1.165) is 0 Å². The molecule has 4 heteroatoms. The van der Waals surface area contributed by atoms with Crippen LogP contribution in [0.4, 0.5) is 4.79 Å². The van der Waals surface area contributed by atoms with Crippen molar-refractivity contribution in [3.05, 3.63) is 11.8 Å². The monoisotopic (exact) mass is 142 g/mol. The van der Waals surface area contributed by atoms with E-state index in [0.29, 0.717) is 5.57 Å². The van der Waals surface area contributed by atoms with Crippen molar-refractivity contribution in [1.82, 2.24) is 10.6 Å². The molecular formula is C6H10N2O2. The van der Waals surface area contributed by atoms with Gasteiger partial charge in [0, 0.05) is 6.20 Å². The molecule has 0 radical (unpaired) electrons. The van der Waals surface area contributed by atoms with Crippen molar-refractivity contribution in [1.29, 1.82) is 0 Å². The van der Waals surface area contributed by atoms with Gasteiger partial charge in [0.2, 0.25) is 0 Å². The molecule has 0 aromatic rings. The summed E-state index contributed by atoms with van der Waals surface area (Å²) in [6.45, 7) is 3.25. The highest BCUT2D eigenvalue weighted by Gasteiger charge is 2.27. The molecule has 3 N–H and O–H groups in total. The van der Waals surface area contributed by atoms with Crippen LogP contribution in [0.2, 0.25) is 0 Å². The molecule has 1 heterocycles. The topological polar surface area (TPSA) is 61.4 Å². The first kappa shape index (κ1) is 7.08. The molecule has 2 amide bonds. The van der Waals surface area contributed by atoms with Gasteiger partial charge >= 0.3 is 6.03 Å². The first-order valence-electron chi connectivity index (χ1n) is 3.01. The second-order valence-corrected chi connectivity index (χ2v) is 2.50. The summed E-state index contributed by atoms with van der Waals surface area (Å²) in [7, 11) is 0.